The van der Waals surface area contributed by atoms with E-state index in [0.29, 0.717) is 24.4 Å². The largest absolute Gasteiger partial charge is 0.383 e. The van der Waals surface area contributed by atoms with E-state index >= 15 is 0 Å². The molecule has 0 unspecified atom stereocenters. The highest BCUT2D eigenvalue weighted by Crippen LogP contribution is 2.35. The number of sulfone groups is 1. The van der Waals surface area contributed by atoms with Crippen molar-refractivity contribution in [2.75, 3.05) is 19.0 Å². The predicted molar refractivity (Wildman–Crippen MR) is 112 cm³/mol. The van der Waals surface area contributed by atoms with Crippen molar-refractivity contribution in [3.05, 3.63) is 77.2 Å². The summed E-state index contributed by atoms with van der Waals surface area (Å²) < 4.78 is 47.3. The molecule has 1 amide bonds. The Balaban J connectivity index is 2.16. The molecule has 3 aromatic rings. The van der Waals surface area contributed by atoms with Gasteiger partial charge in [0.1, 0.15) is 16.5 Å². The quantitative estimate of drug-likeness (QED) is 0.615. The number of nitrogens with zero attached hydrogens (tertiary/aromatic N) is 1. The van der Waals surface area contributed by atoms with Crippen LogP contribution in [0.3, 0.4) is 0 Å². The molecule has 0 aliphatic heterocycles. The van der Waals surface area contributed by atoms with E-state index in [9.17, 15) is 17.6 Å². The number of ether oxygens (including phenoxy) is 1. The molecule has 0 saturated carbocycles. The normalized spacial score (nSPS) is 11.5. The molecule has 1 N–H and O–H groups in total. The molecule has 0 radical (unpaired) electrons. The third kappa shape index (κ3) is 4.15. The molecule has 0 aliphatic carbocycles. The van der Waals surface area contributed by atoms with Gasteiger partial charge in [-0.3, -0.25) is 4.79 Å². The van der Waals surface area contributed by atoms with Crippen LogP contribution in [0.1, 0.15) is 21.6 Å². The van der Waals surface area contributed by atoms with E-state index in [1.54, 1.807) is 36.6 Å². The summed E-state index contributed by atoms with van der Waals surface area (Å²) in [5, 5.41) is 2.69. The number of rotatable bonds is 7. The lowest BCUT2D eigenvalue weighted by molar-refractivity contribution is 0.102. The summed E-state index contributed by atoms with van der Waals surface area (Å²) in [5.74, 6) is -1.02. The molecular weight excluding hydrogens is 407 g/mol. The predicted octanol–water partition coefficient (Wildman–Crippen LogP) is 3.98. The molecule has 0 aliphatic rings. The number of aromatic nitrogens is 1. The van der Waals surface area contributed by atoms with E-state index in [1.807, 2.05) is 0 Å². The van der Waals surface area contributed by atoms with Gasteiger partial charge >= 0.3 is 0 Å². The van der Waals surface area contributed by atoms with Crippen molar-refractivity contribution in [3.8, 4) is 0 Å². The highest BCUT2D eigenvalue weighted by molar-refractivity contribution is 7.91. The zero-order valence-corrected chi connectivity index (χ0v) is 17.8. The number of hydrogen-bond acceptors (Lipinski definition) is 4. The zero-order valence-electron chi connectivity index (χ0n) is 17.0. The van der Waals surface area contributed by atoms with Crippen LogP contribution in [-0.2, 0) is 21.1 Å². The Morgan fingerprint density at radius 3 is 2.43 bits per heavy atom. The van der Waals surface area contributed by atoms with Crippen molar-refractivity contribution < 1.29 is 22.3 Å². The summed E-state index contributed by atoms with van der Waals surface area (Å²) in [5.41, 5.74) is 1.31. The lowest BCUT2D eigenvalue weighted by Gasteiger charge is -2.14. The first-order valence-corrected chi connectivity index (χ1v) is 10.8. The number of carbonyl (C=O) groups is 1. The highest BCUT2D eigenvalue weighted by atomic mass is 32.2. The van der Waals surface area contributed by atoms with Gasteiger partial charge in [0.15, 0.2) is 0 Å². The minimum absolute atomic E-state index is 0.0204. The Bertz CT molecular complexity index is 1170. The van der Waals surface area contributed by atoms with Gasteiger partial charge in [0, 0.05) is 24.9 Å². The second-order valence-electron chi connectivity index (χ2n) is 6.81. The van der Waals surface area contributed by atoms with Gasteiger partial charge in [-0.05, 0) is 49.7 Å². The minimum atomic E-state index is -3.91. The number of methoxy groups -OCH3 is 1. The van der Waals surface area contributed by atoms with Crippen molar-refractivity contribution in [2.45, 2.75) is 30.2 Å². The number of hydrogen-bond donors (Lipinski definition) is 1. The molecule has 0 spiro atoms. The number of benzene rings is 2. The van der Waals surface area contributed by atoms with E-state index < -0.39 is 21.6 Å². The minimum Gasteiger partial charge on any atom is -0.383 e. The molecule has 1 heterocycles. The van der Waals surface area contributed by atoms with Crippen LogP contribution in [0.2, 0.25) is 0 Å². The smallest absolute Gasteiger partial charge is 0.256 e. The second kappa shape index (κ2) is 8.81. The van der Waals surface area contributed by atoms with Crippen LogP contribution < -0.4 is 5.32 Å². The molecule has 2 aromatic carbocycles. The molecule has 1 aromatic heterocycles. The Kier molecular flexibility index (Phi) is 6.38. The first-order chi connectivity index (χ1) is 14.3. The Morgan fingerprint density at radius 2 is 1.80 bits per heavy atom. The molecule has 158 valence electrons. The second-order valence-corrected chi connectivity index (χ2v) is 8.70. The van der Waals surface area contributed by atoms with Gasteiger partial charge in [-0.25, -0.2) is 12.8 Å². The molecule has 0 atom stereocenters. The summed E-state index contributed by atoms with van der Waals surface area (Å²) >= 11 is 0. The average Bonchev–Trinajstić information content (AvgIpc) is 2.97. The topological polar surface area (TPSA) is 77.4 Å². The zero-order chi connectivity index (χ0) is 21.9. The SMILES string of the molecule is COCCn1c(C)c(C)c(S(=O)(=O)c2ccccc2)c1NC(=O)c1cccc(F)c1. The molecule has 8 heteroatoms. The summed E-state index contributed by atoms with van der Waals surface area (Å²) in [6.45, 7) is 4.15. The van der Waals surface area contributed by atoms with E-state index in [4.69, 9.17) is 4.74 Å². The van der Waals surface area contributed by atoms with Crippen LogP contribution in [0.5, 0.6) is 0 Å². The molecule has 0 saturated heterocycles. The fourth-order valence-electron chi connectivity index (χ4n) is 3.28. The fraction of sp³-hybridized carbons (Fsp3) is 0.227. The van der Waals surface area contributed by atoms with Gasteiger partial charge in [-0.2, -0.15) is 0 Å². The van der Waals surface area contributed by atoms with Gasteiger partial charge in [0.2, 0.25) is 9.84 Å². The number of nitrogens with one attached hydrogen (secondary N) is 1. The standard InChI is InChI=1S/C22H23FN2O4S/c1-15-16(2)25(12-13-29-3)21(24-22(26)17-8-7-9-18(23)14-17)20(15)30(27,28)19-10-5-4-6-11-19/h4-11,14H,12-13H2,1-3H3,(H,24,26). The third-order valence-corrected chi connectivity index (χ3v) is 6.86. The Morgan fingerprint density at radius 1 is 1.10 bits per heavy atom. The number of anilines is 1. The third-order valence-electron chi connectivity index (χ3n) is 4.93. The van der Waals surface area contributed by atoms with Gasteiger partial charge < -0.3 is 14.6 Å². The summed E-state index contributed by atoms with van der Waals surface area (Å²) in [7, 11) is -2.37. The molecular formula is C22H23FN2O4S. The summed E-state index contributed by atoms with van der Waals surface area (Å²) in [4.78, 5) is 13.0. The van der Waals surface area contributed by atoms with Crippen LogP contribution in [0.4, 0.5) is 10.2 Å². The van der Waals surface area contributed by atoms with Crippen molar-refractivity contribution in [3.63, 3.8) is 0 Å². The van der Waals surface area contributed by atoms with Gasteiger partial charge in [-0.15, -0.1) is 0 Å². The van der Waals surface area contributed by atoms with Crippen LogP contribution in [-0.4, -0.2) is 32.6 Å². The van der Waals surface area contributed by atoms with E-state index in [2.05, 4.69) is 5.32 Å². The monoisotopic (exact) mass is 430 g/mol. The Hall–Kier alpha value is -2.97. The molecule has 0 bridgehead atoms. The maximum atomic E-state index is 13.6. The van der Waals surface area contributed by atoms with Gasteiger partial charge in [0.25, 0.3) is 5.91 Å². The fourth-order valence-corrected chi connectivity index (χ4v) is 4.99. The maximum absolute atomic E-state index is 13.6. The lowest BCUT2D eigenvalue weighted by atomic mass is 10.2. The summed E-state index contributed by atoms with van der Waals surface area (Å²) in [6, 6.07) is 13.2. The first kappa shape index (κ1) is 21.7. The summed E-state index contributed by atoms with van der Waals surface area (Å²) in [6.07, 6.45) is 0. The highest BCUT2D eigenvalue weighted by Gasteiger charge is 2.30. The van der Waals surface area contributed by atoms with E-state index in [0.717, 1.165) is 6.07 Å². The molecule has 0 fully saturated rings. The van der Waals surface area contributed by atoms with Gasteiger partial charge in [-0.1, -0.05) is 24.3 Å². The number of carbonyl (C=O) groups excluding carboxylic acids is 1. The number of halogens is 1. The van der Waals surface area contributed by atoms with Crippen LogP contribution in [0, 0.1) is 19.7 Å². The molecule has 3 rings (SSSR count). The van der Waals surface area contributed by atoms with Crippen molar-refractivity contribution >= 4 is 21.6 Å². The first-order valence-electron chi connectivity index (χ1n) is 9.33. The van der Waals surface area contributed by atoms with E-state index in [1.165, 1.54) is 37.4 Å². The number of amides is 1. The molecule has 6 nitrogen and oxygen atoms in total. The van der Waals surface area contributed by atoms with Gasteiger partial charge in [0.05, 0.1) is 11.5 Å². The molecule has 30 heavy (non-hydrogen) atoms. The van der Waals surface area contributed by atoms with Crippen molar-refractivity contribution in [1.29, 1.82) is 0 Å². The van der Waals surface area contributed by atoms with Crippen molar-refractivity contribution in [2.24, 2.45) is 0 Å². The van der Waals surface area contributed by atoms with Crippen LogP contribution in [0.25, 0.3) is 0 Å². The average molecular weight is 431 g/mol. The van der Waals surface area contributed by atoms with Crippen LogP contribution in [0.15, 0.2) is 64.4 Å². The Labute approximate surface area is 175 Å². The maximum Gasteiger partial charge on any atom is 0.256 e. The van der Waals surface area contributed by atoms with Crippen molar-refractivity contribution in [1.82, 2.24) is 4.57 Å². The van der Waals surface area contributed by atoms with Crippen LogP contribution >= 0.6 is 0 Å². The lowest BCUT2D eigenvalue weighted by Crippen LogP contribution is -2.19. The van der Waals surface area contributed by atoms with E-state index in [-0.39, 0.29) is 21.2 Å².